The van der Waals surface area contributed by atoms with Crippen LogP contribution in [0.15, 0.2) is 54.6 Å². The Hall–Kier alpha value is -2.62. The van der Waals surface area contributed by atoms with Crippen LogP contribution in [0.1, 0.15) is 29.3 Å². The van der Waals surface area contributed by atoms with Crippen LogP contribution in [-0.4, -0.2) is 23.5 Å². The van der Waals surface area contributed by atoms with Crippen molar-refractivity contribution in [3.05, 3.63) is 65.7 Å². The first-order valence-electron chi connectivity index (χ1n) is 7.29. The predicted octanol–water partition coefficient (Wildman–Crippen LogP) is 3.37. The van der Waals surface area contributed by atoms with Gasteiger partial charge in [0.2, 0.25) is 5.91 Å². The molecule has 0 saturated carbocycles. The number of carboxylic acid groups (broad SMARTS) is 1. The quantitative estimate of drug-likeness (QED) is 0.889. The molecule has 0 spiro atoms. The number of para-hydroxylation sites is 1. The van der Waals surface area contributed by atoms with Crippen molar-refractivity contribution in [3.8, 4) is 0 Å². The fourth-order valence-corrected chi connectivity index (χ4v) is 2.31. The Kier molecular flexibility index (Phi) is 5.31. The second kappa shape index (κ2) is 7.41. The van der Waals surface area contributed by atoms with Crippen LogP contribution in [0.25, 0.3) is 0 Å². The molecule has 0 bridgehead atoms. The van der Waals surface area contributed by atoms with Crippen molar-refractivity contribution in [2.24, 2.45) is 0 Å². The summed E-state index contributed by atoms with van der Waals surface area (Å²) in [7, 11) is 0. The molecule has 0 aromatic heterocycles. The molecule has 4 heteroatoms. The molecule has 22 heavy (non-hydrogen) atoms. The number of nitrogens with zero attached hydrogens (tertiary/aromatic N) is 1. The Morgan fingerprint density at radius 2 is 1.64 bits per heavy atom. The lowest BCUT2D eigenvalue weighted by Gasteiger charge is -2.21. The summed E-state index contributed by atoms with van der Waals surface area (Å²) in [4.78, 5) is 24.9. The number of rotatable bonds is 6. The summed E-state index contributed by atoms with van der Waals surface area (Å²) >= 11 is 0. The first-order valence-corrected chi connectivity index (χ1v) is 7.29. The third kappa shape index (κ3) is 3.95. The number of hydrogen-bond acceptors (Lipinski definition) is 2. The van der Waals surface area contributed by atoms with Gasteiger partial charge in [0.25, 0.3) is 0 Å². The maximum atomic E-state index is 12.4. The molecule has 2 rings (SSSR count). The predicted molar refractivity (Wildman–Crippen MR) is 86.2 cm³/mol. The third-order valence-electron chi connectivity index (χ3n) is 3.51. The van der Waals surface area contributed by atoms with E-state index >= 15 is 0 Å². The highest BCUT2D eigenvalue weighted by atomic mass is 16.4. The maximum absolute atomic E-state index is 12.4. The molecule has 2 aromatic carbocycles. The van der Waals surface area contributed by atoms with Gasteiger partial charge in [-0.15, -0.1) is 0 Å². The molecule has 0 unspecified atom stereocenters. The van der Waals surface area contributed by atoms with Gasteiger partial charge in [-0.05, 0) is 43.2 Å². The van der Waals surface area contributed by atoms with E-state index in [9.17, 15) is 9.59 Å². The summed E-state index contributed by atoms with van der Waals surface area (Å²) in [6.45, 7) is 2.58. The molecular formula is C18H19NO3. The molecule has 0 heterocycles. The van der Waals surface area contributed by atoms with Crippen molar-refractivity contribution in [1.82, 2.24) is 0 Å². The highest BCUT2D eigenvalue weighted by molar-refractivity contribution is 5.93. The Morgan fingerprint density at radius 3 is 2.18 bits per heavy atom. The normalized spacial score (nSPS) is 10.2. The fraction of sp³-hybridized carbons (Fsp3) is 0.222. The van der Waals surface area contributed by atoms with E-state index in [0.717, 1.165) is 11.3 Å². The first-order chi connectivity index (χ1) is 10.6. The Balaban J connectivity index is 1.98. The van der Waals surface area contributed by atoms with Crippen molar-refractivity contribution in [2.75, 3.05) is 11.4 Å². The van der Waals surface area contributed by atoms with Gasteiger partial charge < -0.3 is 10.0 Å². The molecule has 0 atom stereocenters. The van der Waals surface area contributed by atoms with Crippen molar-refractivity contribution in [3.63, 3.8) is 0 Å². The smallest absolute Gasteiger partial charge is 0.335 e. The van der Waals surface area contributed by atoms with Crippen molar-refractivity contribution in [2.45, 2.75) is 19.8 Å². The first kappa shape index (κ1) is 15.8. The number of hydrogen-bond donors (Lipinski definition) is 1. The van der Waals surface area contributed by atoms with Crippen LogP contribution in [0.5, 0.6) is 0 Å². The molecule has 2 aromatic rings. The summed E-state index contributed by atoms with van der Waals surface area (Å²) in [5, 5.41) is 8.86. The monoisotopic (exact) mass is 297 g/mol. The Morgan fingerprint density at radius 1 is 1.00 bits per heavy atom. The van der Waals surface area contributed by atoms with E-state index in [-0.39, 0.29) is 11.5 Å². The van der Waals surface area contributed by atoms with Gasteiger partial charge in [0, 0.05) is 18.7 Å². The molecule has 114 valence electrons. The average Bonchev–Trinajstić information content (AvgIpc) is 2.55. The van der Waals surface area contributed by atoms with Gasteiger partial charge in [-0.1, -0.05) is 30.3 Å². The van der Waals surface area contributed by atoms with Crippen molar-refractivity contribution in [1.29, 1.82) is 0 Å². The van der Waals surface area contributed by atoms with Crippen LogP contribution < -0.4 is 4.90 Å². The number of carbonyl (C=O) groups is 2. The lowest BCUT2D eigenvalue weighted by molar-refractivity contribution is -0.118. The molecule has 0 radical (unpaired) electrons. The molecule has 0 aliphatic carbocycles. The minimum absolute atomic E-state index is 0.0658. The summed E-state index contributed by atoms with van der Waals surface area (Å²) in [5.41, 5.74) is 2.12. The topological polar surface area (TPSA) is 57.6 Å². The largest absolute Gasteiger partial charge is 0.478 e. The molecule has 0 fully saturated rings. The van der Waals surface area contributed by atoms with Crippen LogP contribution in [0.3, 0.4) is 0 Å². The summed E-state index contributed by atoms with van der Waals surface area (Å²) in [6, 6.07) is 16.2. The van der Waals surface area contributed by atoms with Gasteiger partial charge >= 0.3 is 5.97 Å². The van der Waals surface area contributed by atoms with E-state index < -0.39 is 5.97 Å². The number of amides is 1. The van der Waals surface area contributed by atoms with Gasteiger partial charge in [0.1, 0.15) is 0 Å². The van der Waals surface area contributed by atoms with Crippen LogP contribution in [0, 0.1) is 0 Å². The lowest BCUT2D eigenvalue weighted by atomic mass is 10.1. The molecule has 0 saturated heterocycles. The van der Waals surface area contributed by atoms with Crippen molar-refractivity contribution < 1.29 is 14.7 Å². The van der Waals surface area contributed by atoms with E-state index in [1.54, 1.807) is 29.2 Å². The van der Waals surface area contributed by atoms with Gasteiger partial charge in [-0.3, -0.25) is 4.79 Å². The highest BCUT2D eigenvalue weighted by Crippen LogP contribution is 2.15. The Labute approximate surface area is 130 Å². The van der Waals surface area contributed by atoms with E-state index in [4.69, 9.17) is 5.11 Å². The SMILES string of the molecule is CCN(C(=O)CCc1ccc(C(=O)O)cc1)c1ccccc1. The van der Waals surface area contributed by atoms with Gasteiger partial charge in [-0.2, -0.15) is 0 Å². The van der Waals surface area contributed by atoms with Gasteiger partial charge in [0.15, 0.2) is 0 Å². The lowest BCUT2D eigenvalue weighted by Crippen LogP contribution is -2.30. The molecule has 0 aliphatic rings. The van der Waals surface area contributed by atoms with E-state index in [2.05, 4.69) is 0 Å². The standard InChI is InChI=1S/C18H19NO3/c1-2-19(16-6-4-3-5-7-16)17(20)13-10-14-8-11-15(12-9-14)18(21)22/h3-9,11-12H,2,10,13H2,1H3,(H,21,22). The molecular weight excluding hydrogens is 278 g/mol. The summed E-state index contributed by atoms with van der Waals surface area (Å²) in [5.74, 6) is -0.875. The number of carbonyl (C=O) groups excluding carboxylic acids is 1. The fourth-order valence-electron chi connectivity index (χ4n) is 2.31. The molecule has 1 N–H and O–H groups in total. The van der Waals surface area contributed by atoms with Crippen molar-refractivity contribution >= 4 is 17.6 Å². The number of carboxylic acids is 1. The zero-order chi connectivity index (χ0) is 15.9. The highest BCUT2D eigenvalue weighted by Gasteiger charge is 2.13. The number of aryl methyl sites for hydroxylation is 1. The average molecular weight is 297 g/mol. The third-order valence-corrected chi connectivity index (χ3v) is 3.51. The second-order valence-corrected chi connectivity index (χ2v) is 4.98. The Bertz CT molecular complexity index is 635. The van der Waals surface area contributed by atoms with Gasteiger partial charge in [-0.25, -0.2) is 4.79 Å². The van der Waals surface area contributed by atoms with E-state index in [0.29, 0.717) is 19.4 Å². The van der Waals surface area contributed by atoms with E-state index in [1.807, 2.05) is 37.3 Å². The number of anilines is 1. The summed E-state index contributed by atoms with van der Waals surface area (Å²) < 4.78 is 0. The minimum Gasteiger partial charge on any atom is -0.478 e. The van der Waals surface area contributed by atoms with Crippen LogP contribution in [-0.2, 0) is 11.2 Å². The summed E-state index contributed by atoms with van der Waals surface area (Å²) in [6.07, 6.45) is 0.997. The van der Waals surface area contributed by atoms with E-state index in [1.165, 1.54) is 0 Å². The van der Waals surface area contributed by atoms with Gasteiger partial charge in [0.05, 0.1) is 5.56 Å². The molecule has 1 amide bonds. The number of aromatic carboxylic acids is 1. The number of benzene rings is 2. The molecule has 0 aliphatic heterocycles. The zero-order valence-corrected chi connectivity index (χ0v) is 12.5. The maximum Gasteiger partial charge on any atom is 0.335 e. The van der Waals surface area contributed by atoms with Crippen LogP contribution in [0.2, 0.25) is 0 Å². The second-order valence-electron chi connectivity index (χ2n) is 4.98. The minimum atomic E-state index is -0.941. The molecule has 4 nitrogen and oxygen atoms in total. The zero-order valence-electron chi connectivity index (χ0n) is 12.5. The van der Waals surface area contributed by atoms with Crippen LogP contribution >= 0.6 is 0 Å². The van der Waals surface area contributed by atoms with Crippen LogP contribution in [0.4, 0.5) is 5.69 Å².